The second-order valence-corrected chi connectivity index (χ2v) is 9.17. The molecule has 0 saturated carbocycles. The Kier molecular flexibility index (Phi) is 5.87. The number of thiazole rings is 1. The third-order valence-electron chi connectivity index (χ3n) is 5.32. The van der Waals surface area contributed by atoms with Gasteiger partial charge in [-0.1, -0.05) is 42.5 Å². The van der Waals surface area contributed by atoms with Crippen molar-refractivity contribution in [1.82, 2.24) is 9.97 Å². The minimum Gasteiger partial charge on any atom is -0.493 e. The molecule has 170 valence electrons. The molecule has 0 radical (unpaired) electrons. The minimum atomic E-state index is -0.319. The van der Waals surface area contributed by atoms with E-state index in [-0.39, 0.29) is 5.91 Å². The number of carbonyl (C=O) groups is 1. The Morgan fingerprint density at radius 2 is 1.85 bits per heavy atom. The van der Waals surface area contributed by atoms with Crippen molar-refractivity contribution in [2.75, 3.05) is 25.3 Å². The molecule has 0 bridgehead atoms. The van der Waals surface area contributed by atoms with Crippen molar-refractivity contribution in [1.29, 1.82) is 0 Å². The van der Waals surface area contributed by atoms with E-state index in [4.69, 9.17) is 20.2 Å². The molecule has 3 N–H and O–H groups in total. The van der Waals surface area contributed by atoms with Crippen molar-refractivity contribution < 1.29 is 14.3 Å². The van der Waals surface area contributed by atoms with Crippen LogP contribution >= 0.6 is 22.7 Å². The molecular formula is C25H20N4O3S2. The Hall–Kier alpha value is -3.95. The Labute approximate surface area is 203 Å². The molecule has 0 saturated heterocycles. The zero-order chi connectivity index (χ0) is 23.7. The lowest BCUT2D eigenvalue weighted by molar-refractivity contribution is 0.103. The summed E-state index contributed by atoms with van der Waals surface area (Å²) < 4.78 is 11.2. The number of fused-ring (bicyclic) bond motifs is 1. The highest BCUT2D eigenvalue weighted by Gasteiger charge is 2.24. The summed E-state index contributed by atoms with van der Waals surface area (Å²) in [6, 6.07) is 17.5. The number of nitrogens with two attached hydrogens (primary N) is 1. The molecule has 0 aliphatic heterocycles. The van der Waals surface area contributed by atoms with E-state index in [1.807, 2.05) is 54.6 Å². The molecule has 0 aliphatic rings. The third-order valence-corrected chi connectivity index (χ3v) is 7.11. The van der Waals surface area contributed by atoms with Gasteiger partial charge in [-0.05, 0) is 12.1 Å². The van der Waals surface area contributed by atoms with Crippen molar-refractivity contribution >= 4 is 49.6 Å². The number of thiophene rings is 1. The average molecular weight is 489 g/mol. The van der Waals surface area contributed by atoms with Crippen LogP contribution in [0.4, 0.5) is 10.8 Å². The van der Waals surface area contributed by atoms with Gasteiger partial charge in [-0.2, -0.15) is 0 Å². The number of hydrogen-bond donors (Lipinski definition) is 2. The SMILES string of the molecule is COc1cccc(-c2cc(-c3ccccc3)nc3sc(C(=O)Nc4nccs4)c(N)c23)c1OC. The van der Waals surface area contributed by atoms with Gasteiger partial charge >= 0.3 is 0 Å². The van der Waals surface area contributed by atoms with Crippen LogP contribution in [0.25, 0.3) is 32.6 Å². The predicted molar refractivity (Wildman–Crippen MR) is 138 cm³/mol. The first-order chi connectivity index (χ1) is 16.6. The van der Waals surface area contributed by atoms with Gasteiger partial charge in [-0.25, -0.2) is 9.97 Å². The van der Waals surface area contributed by atoms with Crippen LogP contribution in [0.5, 0.6) is 11.5 Å². The fraction of sp³-hybridized carbons (Fsp3) is 0.0800. The highest BCUT2D eigenvalue weighted by atomic mass is 32.1. The van der Waals surface area contributed by atoms with Crippen molar-refractivity contribution in [2.24, 2.45) is 0 Å². The number of benzene rings is 2. The largest absolute Gasteiger partial charge is 0.493 e. The number of nitrogens with one attached hydrogen (secondary N) is 1. The molecule has 0 fully saturated rings. The van der Waals surface area contributed by atoms with Gasteiger partial charge in [-0.3, -0.25) is 10.1 Å². The van der Waals surface area contributed by atoms with Crippen molar-refractivity contribution in [2.45, 2.75) is 0 Å². The molecule has 7 nitrogen and oxygen atoms in total. The number of pyridine rings is 1. The summed E-state index contributed by atoms with van der Waals surface area (Å²) in [5.74, 6) is 0.859. The van der Waals surface area contributed by atoms with Crippen molar-refractivity contribution in [3.63, 3.8) is 0 Å². The highest BCUT2D eigenvalue weighted by Crippen LogP contribution is 2.46. The summed E-state index contributed by atoms with van der Waals surface area (Å²) in [7, 11) is 3.20. The molecule has 1 amide bonds. The van der Waals surface area contributed by atoms with E-state index in [0.717, 1.165) is 22.4 Å². The van der Waals surface area contributed by atoms with Gasteiger partial charge in [0.05, 0.1) is 25.6 Å². The standard InChI is InChI=1S/C25H20N4O3S2/c1-31-18-10-6-9-15(21(18)32-2)16-13-17(14-7-4-3-5-8-14)28-24-19(16)20(26)22(34-24)23(30)29-25-27-11-12-33-25/h3-13H,26H2,1-2H3,(H,27,29,30). The first-order valence-corrected chi connectivity index (χ1v) is 12.0. The van der Waals surface area contributed by atoms with Gasteiger partial charge in [0, 0.05) is 33.7 Å². The number of hydrogen-bond acceptors (Lipinski definition) is 8. The molecule has 3 aromatic heterocycles. The second kappa shape index (κ2) is 9.12. The van der Waals surface area contributed by atoms with E-state index in [1.54, 1.807) is 25.8 Å². The van der Waals surface area contributed by atoms with Crippen LogP contribution in [-0.2, 0) is 0 Å². The fourth-order valence-corrected chi connectivity index (χ4v) is 5.34. The number of nitrogens with zero attached hydrogens (tertiary/aromatic N) is 2. The maximum atomic E-state index is 13.0. The smallest absolute Gasteiger partial charge is 0.269 e. The molecule has 0 spiro atoms. The van der Waals surface area contributed by atoms with E-state index in [2.05, 4.69) is 10.3 Å². The summed E-state index contributed by atoms with van der Waals surface area (Å²) >= 11 is 2.59. The molecule has 5 aromatic rings. The summed E-state index contributed by atoms with van der Waals surface area (Å²) in [6.45, 7) is 0. The molecule has 2 aromatic carbocycles. The number of ether oxygens (including phenoxy) is 2. The van der Waals surface area contributed by atoms with Gasteiger partial charge in [0.25, 0.3) is 5.91 Å². The molecule has 0 atom stereocenters. The molecule has 5 rings (SSSR count). The Morgan fingerprint density at radius 3 is 2.56 bits per heavy atom. The highest BCUT2D eigenvalue weighted by molar-refractivity contribution is 7.21. The van der Waals surface area contributed by atoms with Gasteiger partial charge in [0.1, 0.15) is 9.71 Å². The zero-order valence-electron chi connectivity index (χ0n) is 18.4. The van der Waals surface area contributed by atoms with E-state index in [1.165, 1.54) is 22.7 Å². The summed E-state index contributed by atoms with van der Waals surface area (Å²) in [5.41, 5.74) is 10.3. The molecule has 9 heteroatoms. The van der Waals surface area contributed by atoms with Crippen LogP contribution in [0.2, 0.25) is 0 Å². The van der Waals surface area contributed by atoms with E-state index in [9.17, 15) is 4.79 Å². The minimum absolute atomic E-state index is 0.319. The van der Waals surface area contributed by atoms with E-state index < -0.39 is 0 Å². The number of rotatable bonds is 6. The molecule has 3 heterocycles. The van der Waals surface area contributed by atoms with Crippen LogP contribution in [0.3, 0.4) is 0 Å². The first kappa shape index (κ1) is 21.9. The van der Waals surface area contributed by atoms with Crippen LogP contribution in [0.1, 0.15) is 9.67 Å². The zero-order valence-corrected chi connectivity index (χ0v) is 20.0. The summed E-state index contributed by atoms with van der Waals surface area (Å²) in [6.07, 6.45) is 1.63. The van der Waals surface area contributed by atoms with Crippen LogP contribution in [0.15, 0.2) is 66.2 Å². The number of amides is 1. The monoisotopic (exact) mass is 488 g/mol. The van der Waals surface area contributed by atoms with Crippen LogP contribution < -0.4 is 20.5 Å². The molecule has 34 heavy (non-hydrogen) atoms. The lowest BCUT2D eigenvalue weighted by atomic mass is 9.98. The van der Waals surface area contributed by atoms with Gasteiger partial charge in [0.2, 0.25) is 0 Å². The van der Waals surface area contributed by atoms with Crippen LogP contribution in [0, 0.1) is 0 Å². The number of nitrogen functional groups attached to an aromatic ring is 1. The maximum Gasteiger partial charge on any atom is 0.269 e. The Bertz CT molecular complexity index is 1480. The second-order valence-electron chi connectivity index (χ2n) is 7.28. The van der Waals surface area contributed by atoms with E-state index in [0.29, 0.717) is 37.4 Å². The van der Waals surface area contributed by atoms with Crippen LogP contribution in [-0.4, -0.2) is 30.1 Å². The molecular weight excluding hydrogens is 468 g/mol. The Balaban J connectivity index is 1.76. The van der Waals surface area contributed by atoms with Crippen molar-refractivity contribution in [3.05, 3.63) is 71.1 Å². The number of aromatic nitrogens is 2. The first-order valence-electron chi connectivity index (χ1n) is 10.3. The van der Waals surface area contributed by atoms with Gasteiger partial charge in [-0.15, -0.1) is 22.7 Å². The maximum absolute atomic E-state index is 13.0. The number of carbonyl (C=O) groups excluding carboxylic acids is 1. The quantitative estimate of drug-likeness (QED) is 0.307. The average Bonchev–Trinajstić information content (AvgIpc) is 3.51. The number of methoxy groups -OCH3 is 2. The third kappa shape index (κ3) is 3.85. The fourth-order valence-electron chi connectivity index (χ4n) is 3.80. The Morgan fingerprint density at radius 1 is 1.03 bits per heavy atom. The predicted octanol–water partition coefficient (Wildman–Crippen LogP) is 5.94. The normalized spacial score (nSPS) is 10.9. The summed E-state index contributed by atoms with van der Waals surface area (Å²) in [4.78, 5) is 23.1. The number of para-hydroxylation sites is 1. The number of anilines is 2. The molecule has 0 unspecified atom stereocenters. The topological polar surface area (TPSA) is 99.4 Å². The van der Waals surface area contributed by atoms with Crippen molar-refractivity contribution in [3.8, 4) is 33.9 Å². The van der Waals surface area contributed by atoms with Gasteiger partial charge in [0.15, 0.2) is 16.6 Å². The van der Waals surface area contributed by atoms with Gasteiger partial charge < -0.3 is 15.2 Å². The lowest BCUT2D eigenvalue weighted by Gasteiger charge is -2.15. The van der Waals surface area contributed by atoms with E-state index >= 15 is 0 Å². The lowest BCUT2D eigenvalue weighted by Crippen LogP contribution is -2.11. The molecule has 0 aliphatic carbocycles. The summed E-state index contributed by atoms with van der Waals surface area (Å²) in [5, 5.41) is 5.81.